The van der Waals surface area contributed by atoms with Gasteiger partial charge in [-0.05, 0) is 64.0 Å². The van der Waals surface area contributed by atoms with Gasteiger partial charge in [0.2, 0.25) is 0 Å². The lowest BCUT2D eigenvalue weighted by Crippen LogP contribution is -2.35. The van der Waals surface area contributed by atoms with Gasteiger partial charge in [0.1, 0.15) is 31.0 Å². The first-order valence-electron chi connectivity index (χ1n) is 14.4. The number of anilines is 1. The molecule has 7 rings (SSSR count). The van der Waals surface area contributed by atoms with Crippen LogP contribution in [0.1, 0.15) is 41.7 Å². The van der Waals surface area contributed by atoms with Crippen LogP contribution in [0.15, 0.2) is 83.3 Å². The van der Waals surface area contributed by atoms with Gasteiger partial charge in [-0.25, -0.2) is 13.2 Å². The van der Waals surface area contributed by atoms with Gasteiger partial charge in [0, 0.05) is 44.9 Å². The predicted molar refractivity (Wildman–Crippen MR) is 176 cm³/mol. The number of fused-ring (bicyclic) bond motifs is 8. The molecule has 5 aromatic carbocycles. The van der Waals surface area contributed by atoms with Crippen LogP contribution in [0.4, 0.5) is 18.9 Å². The van der Waals surface area contributed by atoms with E-state index in [1.54, 1.807) is 12.1 Å². The molecule has 44 heavy (non-hydrogen) atoms. The second-order valence-corrected chi connectivity index (χ2v) is 12.9. The standard InChI is InChI=1S/C36H28BBrF3NO2/c1-35(2)32-27(15-21(37)16-28(32)38)30-26-17-23(40)18-29(41)31(26)34-25(33(30)35)11-12-36(44-34,19-3-7-22(39)8-4-19)20-5-9-24(10-6-20)42-13-14-43/h3-12,15-18,42-43H,13-14,37H2,1-2H3. The van der Waals surface area contributed by atoms with Gasteiger partial charge in [-0.1, -0.05) is 77.7 Å². The number of halogens is 4. The molecule has 2 N–H and O–H groups in total. The quantitative estimate of drug-likeness (QED) is 0.195. The van der Waals surface area contributed by atoms with Crippen molar-refractivity contribution in [2.75, 3.05) is 18.5 Å². The maximum absolute atomic E-state index is 16.1. The molecule has 3 nitrogen and oxygen atoms in total. The Balaban J connectivity index is 1.54. The van der Waals surface area contributed by atoms with Gasteiger partial charge in [0.05, 0.1) is 12.0 Å². The molecule has 1 heterocycles. The Morgan fingerprint density at radius 2 is 1.57 bits per heavy atom. The number of rotatable bonds is 5. The minimum Gasteiger partial charge on any atom is -0.472 e. The van der Waals surface area contributed by atoms with E-state index >= 15 is 8.78 Å². The molecule has 0 radical (unpaired) electrons. The van der Waals surface area contributed by atoms with E-state index in [1.807, 2.05) is 44.3 Å². The number of benzene rings is 5. The Kier molecular flexibility index (Phi) is 6.72. The molecule has 0 saturated carbocycles. The Hall–Kier alpha value is -4.01. The molecule has 0 bridgehead atoms. The average Bonchev–Trinajstić information content (AvgIpc) is 3.23. The summed E-state index contributed by atoms with van der Waals surface area (Å²) in [6, 6.07) is 20.0. The molecule has 0 saturated heterocycles. The van der Waals surface area contributed by atoms with E-state index in [4.69, 9.17) is 4.74 Å². The van der Waals surface area contributed by atoms with Gasteiger partial charge in [-0.3, -0.25) is 0 Å². The van der Waals surface area contributed by atoms with E-state index < -0.39 is 28.5 Å². The van der Waals surface area contributed by atoms with Gasteiger partial charge in [0.25, 0.3) is 0 Å². The van der Waals surface area contributed by atoms with Gasteiger partial charge >= 0.3 is 0 Å². The van der Waals surface area contributed by atoms with Crippen LogP contribution in [0, 0.1) is 17.5 Å². The Morgan fingerprint density at radius 3 is 2.25 bits per heavy atom. The molecule has 1 aliphatic carbocycles. The summed E-state index contributed by atoms with van der Waals surface area (Å²) in [6.45, 7) is 4.62. The molecule has 220 valence electrons. The SMILES string of the molecule is Bc1cc(Br)c2c(c1)-c1c(c3c(c4c(F)cc(F)cc14)OC(c1ccc(F)cc1)(c1ccc(NCCO)cc1)C=C3)C2(C)C. The van der Waals surface area contributed by atoms with E-state index in [-0.39, 0.29) is 12.0 Å². The van der Waals surface area contributed by atoms with Crippen LogP contribution in [0.3, 0.4) is 0 Å². The summed E-state index contributed by atoms with van der Waals surface area (Å²) >= 11 is 3.78. The summed E-state index contributed by atoms with van der Waals surface area (Å²) in [6.07, 6.45) is 3.90. The molecule has 0 aromatic heterocycles. The predicted octanol–water partition coefficient (Wildman–Crippen LogP) is 7.34. The van der Waals surface area contributed by atoms with Gasteiger partial charge < -0.3 is 15.2 Å². The van der Waals surface area contributed by atoms with Crippen molar-refractivity contribution in [1.29, 1.82) is 0 Å². The first kappa shape index (κ1) is 28.7. The van der Waals surface area contributed by atoms with Crippen molar-refractivity contribution in [3.63, 3.8) is 0 Å². The van der Waals surface area contributed by atoms with Crippen molar-refractivity contribution in [2.45, 2.75) is 24.9 Å². The van der Waals surface area contributed by atoms with Gasteiger partial charge in [0.15, 0.2) is 5.60 Å². The molecule has 8 heteroatoms. The zero-order valence-corrected chi connectivity index (χ0v) is 26.0. The summed E-state index contributed by atoms with van der Waals surface area (Å²) in [5.41, 5.74) is 5.88. The third-order valence-corrected chi connectivity index (χ3v) is 9.47. The van der Waals surface area contributed by atoms with Crippen LogP contribution in [0.2, 0.25) is 0 Å². The lowest BCUT2D eigenvalue weighted by Gasteiger charge is -2.38. The second kappa shape index (κ2) is 10.3. The zero-order valence-electron chi connectivity index (χ0n) is 24.4. The highest BCUT2D eigenvalue weighted by atomic mass is 79.9. The second-order valence-electron chi connectivity index (χ2n) is 12.0. The molecule has 1 aliphatic heterocycles. The van der Waals surface area contributed by atoms with E-state index in [2.05, 4.69) is 47.2 Å². The molecule has 5 aromatic rings. The van der Waals surface area contributed by atoms with Crippen LogP contribution in [0.5, 0.6) is 5.75 Å². The summed E-state index contributed by atoms with van der Waals surface area (Å²) in [7, 11) is 2.00. The maximum Gasteiger partial charge on any atom is 0.178 e. The van der Waals surface area contributed by atoms with E-state index in [0.717, 1.165) is 55.1 Å². The summed E-state index contributed by atoms with van der Waals surface area (Å²) in [5.74, 6) is -1.47. The van der Waals surface area contributed by atoms with Gasteiger partial charge in [-0.2, -0.15) is 0 Å². The molecule has 1 unspecified atom stereocenters. The lowest BCUT2D eigenvalue weighted by molar-refractivity contribution is 0.163. The molecule has 0 amide bonds. The summed E-state index contributed by atoms with van der Waals surface area (Å²) in [5, 5.41) is 13.0. The average molecular weight is 654 g/mol. The fourth-order valence-corrected chi connectivity index (χ4v) is 8.09. The normalized spacial score (nSPS) is 17.6. The number of hydrogen-bond acceptors (Lipinski definition) is 3. The van der Waals surface area contributed by atoms with Crippen molar-refractivity contribution in [2.24, 2.45) is 0 Å². The summed E-state index contributed by atoms with van der Waals surface area (Å²) < 4.78 is 53.2. The van der Waals surface area contributed by atoms with E-state index in [0.29, 0.717) is 23.2 Å². The first-order valence-corrected chi connectivity index (χ1v) is 15.2. The Morgan fingerprint density at radius 1 is 0.886 bits per heavy atom. The molecule has 0 fully saturated rings. The highest BCUT2D eigenvalue weighted by Gasteiger charge is 2.45. The highest BCUT2D eigenvalue weighted by molar-refractivity contribution is 9.10. The van der Waals surface area contributed by atoms with Gasteiger partial charge in [-0.15, -0.1) is 0 Å². The minimum atomic E-state index is -1.25. The number of hydrogen-bond donors (Lipinski definition) is 2. The van der Waals surface area contributed by atoms with Crippen LogP contribution in [0.25, 0.3) is 28.0 Å². The fraction of sp³-hybridized carbons (Fsp3) is 0.167. The molecule has 1 atom stereocenters. The Bertz CT molecular complexity index is 2010. The van der Waals surface area contributed by atoms with Crippen LogP contribution < -0.4 is 15.5 Å². The molecule has 2 aliphatic rings. The van der Waals surface area contributed by atoms with E-state index in [1.165, 1.54) is 18.2 Å². The van der Waals surface area contributed by atoms with E-state index in [9.17, 15) is 9.50 Å². The molecular weight excluding hydrogens is 626 g/mol. The van der Waals surface area contributed by atoms with Crippen molar-refractivity contribution < 1.29 is 23.0 Å². The van der Waals surface area contributed by atoms with Crippen LogP contribution in [-0.2, 0) is 11.0 Å². The van der Waals surface area contributed by atoms with Crippen molar-refractivity contribution in [3.05, 3.63) is 129 Å². The molecular formula is C36H28BBrF3NO2. The van der Waals surface area contributed by atoms with Crippen LogP contribution in [-0.4, -0.2) is 26.1 Å². The fourth-order valence-electron chi connectivity index (χ4n) is 7.02. The van der Waals surface area contributed by atoms with Crippen molar-refractivity contribution >= 4 is 51.8 Å². The summed E-state index contributed by atoms with van der Waals surface area (Å²) in [4.78, 5) is 0. The monoisotopic (exact) mass is 653 g/mol. The smallest absolute Gasteiger partial charge is 0.178 e. The van der Waals surface area contributed by atoms with Crippen LogP contribution >= 0.6 is 15.9 Å². The maximum atomic E-state index is 16.1. The molecule has 0 spiro atoms. The number of aliphatic hydroxyl groups is 1. The third kappa shape index (κ3) is 4.22. The third-order valence-electron chi connectivity index (χ3n) is 8.84. The van der Waals surface area contributed by atoms with Crippen molar-refractivity contribution in [1.82, 2.24) is 0 Å². The highest BCUT2D eigenvalue weighted by Crippen LogP contribution is 2.59. The topological polar surface area (TPSA) is 41.5 Å². The lowest BCUT2D eigenvalue weighted by atomic mass is 9.76. The first-order chi connectivity index (χ1) is 21.0. The largest absolute Gasteiger partial charge is 0.472 e. The van der Waals surface area contributed by atoms with Crippen molar-refractivity contribution in [3.8, 4) is 16.9 Å². The number of ether oxygens (including phenoxy) is 1. The zero-order chi connectivity index (χ0) is 31.0. The minimum absolute atomic E-state index is 0.0101. The number of nitrogens with one attached hydrogen (secondary N) is 1. The Labute approximate surface area is 262 Å². The number of aliphatic hydroxyl groups excluding tert-OH is 1.